The molecule has 1 unspecified atom stereocenters. The molecule has 1 aliphatic rings. The predicted octanol–water partition coefficient (Wildman–Crippen LogP) is 2.67. The van der Waals surface area contributed by atoms with Gasteiger partial charge in [-0.2, -0.15) is 0 Å². The first-order valence-corrected chi connectivity index (χ1v) is 7.69. The zero-order chi connectivity index (χ0) is 13.8. The lowest BCUT2D eigenvalue weighted by atomic mass is 10.2. The van der Waals surface area contributed by atoms with Crippen molar-refractivity contribution in [2.45, 2.75) is 18.9 Å². The largest absolute Gasteiger partial charge is 0.347 e. The number of thiazole rings is 1. The van der Waals surface area contributed by atoms with Crippen LogP contribution in [0.4, 0.5) is 0 Å². The quantitative estimate of drug-likeness (QED) is 0.882. The third-order valence-electron chi connectivity index (χ3n) is 3.38. The van der Waals surface area contributed by atoms with Crippen molar-refractivity contribution in [2.24, 2.45) is 0 Å². The Hall–Kier alpha value is -1.14. The summed E-state index contributed by atoms with van der Waals surface area (Å²) >= 11 is 1.54. The number of rotatable bonds is 4. The van der Waals surface area contributed by atoms with Gasteiger partial charge in [-0.1, -0.05) is 30.3 Å². The van der Waals surface area contributed by atoms with Crippen molar-refractivity contribution in [3.8, 4) is 0 Å². The maximum Gasteiger partial charge on any atom is 0.271 e. The van der Waals surface area contributed by atoms with Crippen LogP contribution in [0.15, 0.2) is 35.7 Å². The van der Waals surface area contributed by atoms with E-state index >= 15 is 0 Å². The van der Waals surface area contributed by atoms with Crippen LogP contribution in [0.1, 0.15) is 27.5 Å². The molecule has 0 radical (unpaired) electrons. The zero-order valence-electron chi connectivity index (χ0n) is 12.0. The van der Waals surface area contributed by atoms with Crippen LogP contribution in [0.2, 0.25) is 0 Å². The molecule has 2 heterocycles. The van der Waals surface area contributed by atoms with Gasteiger partial charge in [-0.05, 0) is 18.5 Å². The van der Waals surface area contributed by atoms with Gasteiger partial charge < -0.3 is 10.6 Å². The maximum absolute atomic E-state index is 12.1. The Morgan fingerprint density at radius 3 is 2.77 bits per heavy atom. The SMILES string of the molecule is Cl.Cl.O=C(NC1CCNC1)c1csc(Cc2ccccc2)n1. The fourth-order valence-electron chi connectivity index (χ4n) is 2.30. The molecule has 2 N–H and O–H groups in total. The highest BCUT2D eigenvalue weighted by Crippen LogP contribution is 2.15. The highest BCUT2D eigenvalue weighted by molar-refractivity contribution is 7.09. The van der Waals surface area contributed by atoms with Gasteiger partial charge in [-0.3, -0.25) is 4.79 Å². The van der Waals surface area contributed by atoms with Crippen molar-refractivity contribution in [2.75, 3.05) is 13.1 Å². The van der Waals surface area contributed by atoms with Crippen molar-refractivity contribution in [1.29, 1.82) is 0 Å². The van der Waals surface area contributed by atoms with Gasteiger partial charge in [0.05, 0.1) is 5.01 Å². The van der Waals surface area contributed by atoms with Gasteiger partial charge in [0.2, 0.25) is 0 Å². The van der Waals surface area contributed by atoms with E-state index < -0.39 is 0 Å². The summed E-state index contributed by atoms with van der Waals surface area (Å²) in [5.41, 5.74) is 1.75. The molecule has 1 atom stereocenters. The number of nitrogens with one attached hydrogen (secondary N) is 2. The van der Waals surface area contributed by atoms with Gasteiger partial charge in [0.1, 0.15) is 5.69 Å². The second-order valence-corrected chi connectivity index (χ2v) is 5.89. The van der Waals surface area contributed by atoms with Crippen LogP contribution in [-0.4, -0.2) is 30.0 Å². The first-order chi connectivity index (χ1) is 9.81. The van der Waals surface area contributed by atoms with E-state index in [9.17, 15) is 4.79 Å². The number of amides is 1. The molecule has 2 aromatic rings. The highest BCUT2D eigenvalue weighted by atomic mass is 35.5. The number of carbonyl (C=O) groups excluding carboxylic acids is 1. The summed E-state index contributed by atoms with van der Waals surface area (Å²) in [4.78, 5) is 16.5. The molecular weight excluding hydrogens is 341 g/mol. The summed E-state index contributed by atoms with van der Waals surface area (Å²) in [7, 11) is 0. The molecule has 7 heteroatoms. The predicted molar refractivity (Wildman–Crippen MR) is 94.6 cm³/mol. The third-order valence-corrected chi connectivity index (χ3v) is 4.23. The van der Waals surface area contributed by atoms with E-state index in [4.69, 9.17) is 0 Å². The van der Waals surface area contributed by atoms with Gasteiger partial charge in [-0.15, -0.1) is 36.2 Å². The summed E-state index contributed by atoms with van der Waals surface area (Å²) < 4.78 is 0. The van der Waals surface area contributed by atoms with Crippen LogP contribution >= 0.6 is 36.2 Å². The lowest BCUT2D eigenvalue weighted by Crippen LogP contribution is -2.36. The molecule has 1 amide bonds. The molecule has 4 nitrogen and oxygen atoms in total. The third kappa shape index (κ3) is 4.95. The Kier molecular flexibility index (Phi) is 7.82. The number of hydrogen-bond donors (Lipinski definition) is 2. The van der Waals surface area contributed by atoms with Crippen LogP contribution in [0.5, 0.6) is 0 Å². The first kappa shape index (κ1) is 18.9. The average Bonchev–Trinajstić information content (AvgIpc) is 3.11. The molecule has 1 aliphatic heterocycles. The standard InChI is InChI=1S/C15H17N3OS.2ClH/c19-15(17-12-6-7-16-9-12)13-10-20-14(18-13)8-11-4-2-1-3-5-11;;/h1-5,10,12,16H,6-9H2,(H,17,19);2*1H. The van der Waals surface area contributed by atoms with Crippen molar-refractivity contribution in [3.05, 3.63) is 52.0 Å². The Bertz CT molecular complexity index is 585. The van der Waals surface area contributed by atoms with E-state index in [-0.39, 0.29) is 36.8 Å². The fourth-order valence-corrected chi connectivity index (χ4v) is 3.11. The average molecular weight is 360 g/mol. The van der Waals surface area contributed by atoms with Gasteiger partial charge in [0.15, 0.2) is 0 Å². The Labute approximate surface area is 146 Å². The molecule has 1 fully saturated rings. The summed E-state index contributed by atoms with van der Waals surface area (Å²) in [6, 6.07) is 10.4. The number of nitrogens with zero attached hydrogens (tertiary/aromatic N) is 1. The summed E-state index contributed by atoms with van der Waals surface area (Å²) in [6.07, 6.45) is 1.77. The highest BCUT2D eigenvalue weighted by Gasteiger charge is 2.19. The molecule has 1 aromatic carbocycles. The smallest absolute Gasteiger partial charge is 0.271 e. The monoisotopic (exact) mass is 359 g/mol. The van der Waals surface area contributed by atoms with Crippen LogP contribution in [0.3, 0.4) is 0 Å². The number of halogens is 2. The van der Waals surface area contributed by atoms with E-state index in [1.807, 2.05) is 23.6 Å². The Morgan fingerprint density at radius 1 is 1.32 bits per heavy atom. The van der Waals surface area contributed by atoms with Gasteiger partial charge in [-0.25, -0.2) is 4.98 Å². The lowest BCUT2D eigenvalue weighted by Gasteiger charge is -2.09. The molecule has 120 valence electrons. The second-order valence-electron chi connectivity index (χ2n) is 4.95. The number of benzene rings is 1. The summed E-state index contributed by atoms with van der Waals surface area (Å²) in [5, 5.41) is 9.07. The van der Waals surface area contributed by atoms with Gasteiger partial charge in [0.25, 0.3) is 5.91 Å². The second kappa shape index (κ2) is 9.10. The van der Waals surface area contributed by atoms with Crippen molar-refractivity contribution < 1.29 is 4.79 Å². The van der Waals surface area contributed by atoms with Gasteiger partial charge in [0, 0.05) is 24.4 Å². The topological polar surface area (TPSA) is 54.0 Å². The molecule has 0 aliphatic carbocycles. The molecule has 1 aromatic heterocycles. The van der Waals surface area contributed by atoms with E-state index in [0.717, 1.165) is 30.9 Å². The zero-order valence-corrected chi connectivity index (χ0v) is 14.4. The number of carbonyl (C=O) groups is 1. The molecule has 3 rings (SSSR count). The maximum atomic E-state index is 12.1. The molecule has 0 saturated carbocycles. The minimum Gasteiger partial charge on any atom is -0.347 e. The van der Waals surface area contributed by atoms with Crippen LogP contribution < -0.4 is 10.6 Å². The minimum atomic E-state index is -0.0609. The normalized spacial score (nSPS) is 16.5. The Balaban J connectivity index is 0.00000121. The minimum absolute atomic E-state index is 0. The molecule has 1 saturated heterocycles. The molecule has 0 bridgehead atoms. The van der Waals surface area contributed by atoms with Gasteiger partial charge >= 0.3 is 0 Å². The van der Waals surface area contributed by atoms with Crippen LogP contribution in [0, 0.1) is 0 Å². The molecule has 22 heavy (non-hydrogen) atoms. The van der Waals surface area contributed by atoms with E-state index in [1.165, 1.54) is 5.56 Å². The van der Waals surface area contributed by atoms with Crippen molar-refractivity contribution in [1.82, 2.24) is 15.6 Å². The van der Waals surface area contributed by atoms with E-state index in [1.54, 1.807) is 11.3 Å². The molecular formula is C15H19Cl2N3OS. The van der Waals surface area contributed by atoms with Crippen molar-refractivity contribution >= 4 is 42.1 Å². The van der Waals surface area contributed by atoms with Crippen LogP contribution in [-0.2, 0) is 6.42 Å². The summed E-state index contributed by atoms with van der Waals surface area (Å²) in [6.45, 7) is 1.83. The van der Waals surface area contributed by atoms with Crippen LogP contribution in [0.25, 0.3) is 0 Å². The fraction of sp³-hybridized carbons (Fsp3) is 0.333. The molecule has 0 spiro atoms. The van der Waals surface area contributed by atoms with E-state index in [0.29, 0.717) is 5.69 Å². The first-order valence-electron chi connectivity index (χ1n) is 6.81. The van der Waals surface area contributed by atoms with E-state index in [2.05, 4.69) is 27.8 Å². The number of aromatic nitrogens is 1. The van der Waals surface area contributed by atoms with Crippen molar-refractivity contribution in [3.63, 3.8) is 0 Å². The Morgan fingerprint density at radius 2 is 2.09 bits per heavy atom. The summed E-state index contributed by atoms with van der Waals surface area (Å²) in [5.74, 6) is -0.0609. The number of hydrogen-bond acceptors (Lipinski definition) is 4. The lowest BCUT2D eigenvalue weighted by molar-refractivity contribution is 0.0935.